The molecule has 1 fully saturated rings. The van der Waals surface area contributed by atoms with Crippen LogP contribution in [0.4, 0.5) is 0 Å². The molecule has 0 radical (unpaired) electrons. The van der Waals surface area contributed by atoms with Crippen LogP contribution in [0, 0.1) is 16.7 Å². The summed E-state index contributed by atoms with van der Waals surface area (Å²) in [4.78, 5) is 13.5. The lowest BCUT2D eigenvalue weighted by atomic mass is 9.86. The molecular weight excluding hydrogens is 192 g/mol. The van der Waals surface area contributed by atoms with E-state index in [-0.39, 0.29) is 5.91 Å². The zero-order valence-electron chi connectivity index (χ0n) is 9.36. The average molecular weight is 210 g/mol. The minimum atomic E-state index is -0.816. The van der Waals surface area contributed by atoms with Gasteiger partial charge in [-0.2, -0.15) is 5.26 Å². The lowest BCUT2D eigenvalue weighted by Crippen LogP contribution is -2.42. The molecule has 1 saturated carbocycles. The van der Waals surface area contributed by atoms with Gasteiger partial charge in [-0.25, -0.2) is 0 Å². The molecule has 15 heavy (non-hydrogen) atoms. The van der Waals surface area contributed by atoms with Crippen LogP contribution in [0.15, 0.2) is 0 Å². The molecular formula is C11H18N2O2. The molecule has 0 aliphatic heterocycles. The number of aliphatic hydroxyl groups is 1. The maximum atomic E-state index is 12.0. The van der Waals surface area contributed by atoms with Crippen LogP contribution in [0.1, 0.15) is 32.6 Å². The van der Waals surface area contributed by atoms with E-state index in [1.165, 1.54) is 4.90 Å². The number of hydrogen-bond donors (Lipinski definition) is 1. The van der Waals surface area contributed by atoms with Gasteiger partial charge in [-0.15, -0.1) is 0 Å². The van der Waals surface area contributed by atoms with E-state index in [9.17, 15) is 9.90 Å². The molecule has 4 nitrogen and oxygen atoms in total. The van der Waals surface area contributed by atoms with Crippen LogP contribution in [0.5, 0.6) is 0 Å². The Hall–Kier alpha value is -1.08. The molecule has 0 aromatic rings. The second-order valence-electron chi connectivity index (χ2n) is 4.44. The zero-order valence-corrected chi connectivity index (χ0v) is 9.36. The topological polar surface area (TPSA) is 64.3 Å². The SMILES string of the molecule is CC(O)CN(C)C(=O)C1(C#N)CCCC1. The van der Waals surface area contributed by atoms with Gasteiger partial charge in [0.05, 0.1) is 12.2 Å². The third-order valence-electron chi connectivity index (χ3n) is 2.97. The molecule has 1 amide bonds. The van der Waals surface area contributed by atoms with Gasteiger partial charge in [0.15, 0.2) is 0 Å². The summed E-state index contributed by atoms with van der Waals surface area (Å²) in [6.45, 7) is 1.93. The second kappa shape index (κ2) is 4.63. The molecule has 1 atom stereocenters. The fourth-order valence-electron chi connectivity index (χ4n) is 2.20. The van der Waals surface area contributed by atoms with Gasteiger partial charge in [0.1, 0.15) is 5.41 Å². The van der Waals surface area contributed by atoms with Crippen molar-refractivity contribution in [2.45, 2.75) is 38.7 Å². The number of carbonyl (C=O) groups is 1. The molecule has 0 spiro atoms. The van der Waals surface area contributed by atoms with Crippen molar-refractivity contribution in [2.75, 3.05) is 13.6 Å². The summed E-state index contributed by atoms with van der Waals surface area (Å²) in [5.41, 5.74) is -0.816. The Balaban J connectivity index is 2.70. The number of likely N-dealkylation sites (N-methyl/N-ethyl adjacent to an activating group) is 1. The van der Waals surface area contributed by atoms with Crippen molar-refractivity contribution in [1.29, 1.82) is 5.26 Å². The van der Waals surface area contributed by atoms with E-state index in [0.29, 0.717) is 19.4 Å². The third kappa shape index (κ3) is 2.48. The molecule has 0 saturated heterocycles. The first-order chi connectivity index (χ1) is 7.02. The number of aliphatic hydroxyl groups excluding tert-OH is 1. The Labute approximate surface area is 90.5 Å². The standard InChI is InChI=1S/C11H18N2O2/c1-9(14)7-13(2)10(15)11(8-12)5-3-4-6-11/h9,14H,3-7H2,1-2H3. The van der Waals surface area contributed by atoms with Gasteiger partial charge in [-0.3, -0.25) is 4.79 Å². The molecule has 1 N–H and O–H groups in total. The number of rotatable bonds is 3. The van der Waals surface area contributed by atoms with Crippen LogP contribution in [-0.2, 0) is 4.79 Å². The lowest BCUT2D eigenvalue weighted by molar-refractivity contribution is -0.138. The van der Waals surface area contributed by atoms with Crippen molar-refractivity contribution in [3.8, 4) is 6.07 Å². The second-order valence-corrected chi connectivity index (χ2v) is 4.44. The van der Waals surface area contributed by atoms with Crippen molar-refractivity contribution in [2.24, 2.45) is 5.41 Å². The van der Waals surface area contributed by atoms with Crippen LogP contribution >= 0.6 is 0 Å². The van der Waals surface area contributed by atoms with E-state index in [1.807, 2.05) is 0 Å². The van der Waals surface area contributed by atoms with Crippen LogP contribution in [0.3, 0.4) is 0 Å². The van der Waals surface area contributed by atoms with E-state index < -0.39 is 11.5 Å². The Morgan fingerprint density at radius 3 is 2.53 bits per heavy atom. The first kappa shape index (κ1) is 12.0. The fraction of sp³-hybridized carbons (Fsp3) is 0.818. The molecule has 0 bridgehead atoms. The van der Waals surface area contributed by atoms with Gasteiger partial charge in [0, 0.05) is 13.6 Å². The van der Waals surface area contributed by atoms with Crippen LogP contribution < -0.4 is 0 Å². The monoisotopic (exact) mass is 210 g/mol. The number of nitriles is 1. The van der Waals surface area contributed by atoms with Gasteiger partial charge in [-0.05, 0) is 19.8 Å². The number of nitrogens with zero attached hydrogens (tertiary/aromatic N) is 2. The van der Waals surface area contributed by atoms with Crippen LogP contribution in [0.2, 0.25) is 0 Å². The summed E-state index contributed by atoms with van der Waals surface area (Å²) < 4.78 is 0. The number of amides is 1. The number of hydrogen-bond acceptors (Lipinski definition) is 3. The smallest absolute Gasteiger partial charge is 0.242 e. The van der Waals surface area contributed by atoms with E-state index >= 15 is 0 Å². The van der Waals surface area contributed by atoms with Crippen molar-refractivity contribution in [1.82, 2.24) is 4.90 Å². The first-order valence-electron chi connectivity index (χ1n) is 5.37. The van der Waals surface area contributed by atoms with Gasteiger partial charge >= 0.3 is 0 Å². The fourth-order valence-corrected chi connectivity index (χ4v) is 2.20. The molecule has 1 unspecified atom stereocenters. The Kier molecular flexibility index (Phi) is 3.70. The van der Waals surface area contributed by atoms with Gasteiger partial charge in [0.25, 0.3) is 0 Å². The molecule has 1 aliphatic carbocycles. The highest BCUT2D eigenvalue weighted by atomic mass is 16.3. The third-order valence-corrected chi connectivity index (χ3v) is 2.97. The molecule has 84 valence electrons. The molecule has 0 aromatic heterocycles. The zero-order chi connectivity index (χ0) is 11.5. The maximum absolute atomic E-state index is 12.0. The van der Waals surface area contributed by atoms with Crippen molar-refractivity contribution < 1.29 is 9.90 Å². The normalized spacial score (nSPS) is 20.7. The molecule has 1 aliphatic rings. The molecule has 1 rings (SSSR count). The minimum absolute atomic E-state index is 0.136. The lowest BCUT2D eigenvalue weighted by Gasteiger charge is -2.27. The minimum Gasteiger partial charge on any atom is -0.392 e. The molecule has 0 aromatic carbocycles. The molecule has 4 heteroatoms. The van der Waals surface area contributed by atoms with Crippen LogP contribution in [0.25, 0.3) is 0 Å². The van der Waals surface area contributed by atoms with Crippen molar-refractivity contribution in [3.63, 3.8) is 0 Å². The van der Waals surface area contributed by atoms with E-state index in [2.05, 4.69) is 6.07 Å². The van der Waals surface area contributed by atoms with E-state index in [0.717, 1.165) is 12.8 Å². The highest BCUT2D eigenvalue weighted by Crippen LogP contribution is 2.38. The predicted octanol–water partition coefficient (Wildman–Crippen LogP) is 0.910. The van der Waals surface area contributed by atoms with Gasteiger partial charge < -0.3 is 10.0 Å². The summed E-state index contributed by atoms with van der Waals surface area (Å²) in [7, 11) is 1.65. The predicted molar refractivity (Wildman–Crippen MR) is 55.8 cm³/mol. The van der Waals surface area contributed by atoms with E-state index in [4.69, 9.17) is 5.26 Å². The summed E-state index contributed by atoms with van der Waals surface area (Å²) in [6.07, 6.45) is 2.67. The Bertz CT molecular complexity index is 275. The quantitative estimate of drug-likeness (QED) is 0.753. The highest BCUT2D eigenvalue weighted by Gasteiger charge is 2.43. The van der Waals surface area contributed by atoms with E-state index in [1.54, 1.807) is 14.0 Å². The van der Waals surface area contributed by atoms with Crippen LogP contribution in [-0.4, -0.2) is 35.6 Å². The summed E-state index contributed by atoms with van der Waals surface area (Å²) >= 11 is 0. The largest absolute Gasteiger partial charge is 0.392 e. The summed E-state index contributed by atoms with van der Waals surface area (Å²) in [5, 5.41) is 18.3. The summed E-state index contributed by atoms with van der Waals surface area (Å²) in [6, 6.07) is 2.16. The Morgan fingerprint density at radius 2 is 2.13 bits per heavy atom. The maximum Gasteiger partial charge on any atom is 0.242 e. The van der Waals surface area contributed by atoms with Gasteiger partial charge in [0.2, 0.25) is 5.91 Å². The van der Waals surface area contributed by atoms with Crippen molar-refractivity contribution in [3.05, 3.63) is 0 Å². The highest BCUT2D eigenvalue weighted by molar-refractivity contribution is 5.85. The number of carbonyl (C=O) groups excluding carboxylic acids is 1. The van der Waals surface area contributed by atoms with Crippen molar-refractivity contribution >= 4 is 5.91 Å². The molecule has 0 heterocycles. The average Bonchev–Trinajstić information content (AvgIpc) is 2.65. The Morgan fingerprint density at radius 1 is 1.60 bits per heavy atom. The summed E-state index contributed by atoms with van der Waals surface area (Å²) in [5.74, 6) is -0.136. The van der Waals surface area contributed by atoms with Gasteiger partial charge in [-0.1, -0.05) is 12.8 Å². The first-order valence-corrected chi connectivity index (χ1v) is 5.37.